The van der Waals surface area contributed by atoms with Crippen molar-refractivity contribution in [2.24, 2.45) is 0 Å². The molecule has 0 saturated carbocycles. The molecular weight excluding hydrogens is 577 g/mol. The first-order valence-corrected chi connectivity index (χ1v) is 14.3. The minimum absolute atomic E-state index is 0.106. The van der Waals surface area contributed by atoms with Gasteiger partial charge in [-0.05, 0) is 80.1 Å². The van der Waals surface area contributed by atoms with Gasteiger partial charge in [-0.2, -0.15) is 0 Å². The molecule has 4 aromatic carbocycles. The van der Waals surface area contributed by atoms with Crippen molar-refractivity contribution in [1.29, 1.82) is 0 Å². The quantitative estimate of drug-likeness (QED) is 0.134. The van der Waals surface area contributed by atoms with Crippen molar-refractivity contribution in [2.75, 3.05) is 10.6 Å². The van der Waals surface area contributed by atoms with Gasteiger partial charge in [0.25, 0.3) is 11.8 Å². The number of benzene rings is 4. The normalized spacial score (nSPS) is 11.9. The molecule has 1 atom stereocenters. The van der Waals surface area contributed by atoms with Crippen LogP contribution in [0.4, 0.5) is 11.4 Å². The third-order valence-corrected chi connectivity index (χ3v) is 7.52. The van der Waals surface area contributed by atoms with Gasteiger partial charge in [0, 0.05) is 21.2 Å². The minimum atomic E-state index is -0.469. The maximum Gasteiger partial charge on any atom is 0.272 e. The maximum absolute atomic E-state index is 13.3. The molecule has 41 heavy (non-hydrogen) atoms. The Bertz CT molecular complexity index is 1590. The second kappa shape index (κ2) is 14.0. The summed E-state index contributed by atoms with van der Waals surface area (Å²) in [6.45, 7) is 3.74. The van der Waals surface area contributed by atoms with Crippen molar-refractivity contribution < 1.29 is 14.4 Å². The van der Waals surface area contributed by atoms with Crippen molar-refractivity contribution in [3.8, 4) is 0 Å². The number of carbonyl (C=O) groups is 3. The number of thioether (sulfide) groups is 1. The van der Waals surface area contributed by atoms with Crippen LogP contribution in [0.1, 0.15) is 28.4 Å². The molecule has 0 aliphatic carbocycles. The molecule has 0 radical (unpaired) electrons. The smallest absolute Gasteiger partial charge is 0.272 e. The summed E-state index contributed by atoms with van der Waals surface area (Å²) in [7, 11) is 0. The molecule has 3 N–H and O–H groups in total. The Labute approximate surface area is 253 Å². The first-order chi connectivity index (χ1) is 19.7. The van der Waals surface area contributed by atoms with Crippen LogP contribution >= 0.6 is 35.0 Å². The fourth-order valence-corrected chi connectivity index (χ4v) is 5.09. The number of carbonyl (C=O) groups excluding carboxylic acids is 3. The molecule has 0 heterocycles. The largest absolute Gasteiger partial charge is 0.324 e. The van der Waals surface area contributed by atoms with Gasteiger partial charge < -0.3 is 16.0 Å². The van der Waals surface area contributed by atoms with E-state index in [9.17, 15) is 14.4 Å². The third kappa shape index (κ3) is 8.72. The lowest BCUT2D eigenvalue weighted by Crippen LogP contribution is -2.30. The lowest BCUT2D eigenvalue weighted by atomic mass is 10.1. The number of rotatable bonds is 9. The lowest BCUT2D eigenvalue weighted by molar-refractivity contribution is -0.115. The Morgan fingerprint density at radius 2 is 1.56 bits per heavy atom. The molecule has 208 valence electrons. The van der Waals surface area contributed by atoms with E-state index < -0.39 is 17.1 Å². The molecule has 4 aromatic rings. The Morgan fingerprint density at radius 1 is 0.829 bits per heavy atom. The molecule has 3 amide bonds. The topological polar surface area (TPSA) is 87.3 Å². The van der Waals surface area contributed by atoms with Crippen LogP contribution in [0.3, 0.4) is 0 Å². The Balaban J connectivity index is 1.43. The summed E-state index contributed by atoms with van der Waals surface area (Å²) in [4.78, 5) is 39.6. The molecule has 0 aliphatic heterocycles. The second-order valence-electron chi connectivity index (χ2n) is 9.14. The molecule has 1 unspecified atom stereocenters. The monoisotopic (exact) mass is 603 g/mol. The SMILES string of the molecule is Cc1cccc(/C=C(\NC(=O)c2ccccc2)C(=O)Nc2ccc(SC(C)C(=O)Nc3ccc(Cl)cc3Cl)cc2)c1. The van der Waals surface area contributed by atoms with E-state index >= 15 is 0 Å². The van der Waals surface area contributed by atoms with Gasteiger partial charge in [0.1, 0.15) is 5.70 Å². The summed E-state index contributed by atoms with van der Waals surface area (Å²) in [5.41, 5.74) is 3.37. The van der Waals surface area contributed by atoms with E-state index in [-0.39, 0.29) is 11.6 Å². The molecule has 0 spiro atoms. The van der Waals surface area contributed by atoms with Gasteiger partial charge in [-0.1, -0.05) is 71.2 Å². The fourth-order valence-electron chi connectivity index (χ4n) is 3.77. The Morgan fingerprint density at radius 3 is 2.24 bits per heavy atom. The molecule has 0 saturated heterocycles. The summed E-state index contributed by atoms with van der Waals surface area (Å²) in [6, 6.07) is 28.3. The van der Waals surface area contributed by atoms with Crippen molar-refractivity contribution in [3.05, 3.63) is 129 Å². The van der Waals surface area contributed by atoms with E-state index in [1.165, 1.54) is 11.8 Å². The van der Waals surface area contributed by atoms with Crippen LogP contribution in [0.25, 0.3) is 6.08 Å². The van der Waals surface area contributed by atoms with E-state index in [1.807, 2.05) is 49.4 Å². The molecule has 0 aromatic heterocycles. The summed E-state index contributed by atoms with van der Waals surface area (Å²) >= 11 is 13.4. The number of aryl methyl sites for hydroxylation is 1. The van der Waals surface area contributed by atoms with Crippen LogP contribution in [0, 0.1) is 6.92 Å². The zero-order valence-electron chi connectivity index (χ0n) is 22.3. The zero-order valence-corrected chi connectivity index (χ0v) is 24.6. The number of hydrogen-bond acceptors (Lipinski definition) is 4. The number of nitrogens with one attached hydrogen (secondary N) is 3. The van der Waals surface area contributed by atoms with Crippen LogP contribution in [0.5, 0.6) is 0 Å². The van der Waals surface area contributed by atoms with Gasteiger partial charge in [0.15, 0.2) is 0 Å². The average molecular weight is 605 g/mol. The van der Waals surface area contributed by atoms with Gasteiger partial charge in [0.05, 0.1) is 16.0 Å². The summed E-state index contributed by atoms with van der Waals surface area (Å²) in [6.07, 6.45) is 1.64. The van der Waals surface area contributed by atoms with E-state index in [2.05, 4.69) is 16.0 Å². The molecule has 9 heteroatoms. The van der Waals surface area contributed by atoms with Gasteiger partial charge in [-0.25, -0.2) is 0 Å². The molecule has 0 fully saturated rings. The van der Waals surface area contributed by atoms with Crippen molar-refractivity contribution in [2.45, 2.75) is 24.0 Å². The number of hydrogen-bond donors (Lipinski definition) is 3. The Kier molecular flexibility index (Phi) is 10.2. The molecule has 4 rings (SSSR count). The summed E-state index contributed by atoms with van der Waals surface area (Å²) in [5.74, 6) is -1.07. The van der Waals surface area contributed by atoms with E-state index in [1.54, 1.807) is 67.6 Å². The first-order valence-electron chi connectivity index (χ1n) is 12.7. The van der Waals surface area contributed by atoms with Gasteiger partial charge in [-0.3, -0.25) is 14.4 Å². The molecule has 6 nitrogen and oxygen atoms in total. The van der Waals surface area contributed by atoms with Crippen LogP contribution in [-0.4, -0.2) is 23.0 Å². The van der Waals surface area contributed by atoms with Gasteiger partial charge >= 0.3 is 0 Å². The highest BCUT2D eigenvalue weighted by Gasteiger charge is 2.17. The molecular formula is C32H27Cl2N3O3S. The Hall–Kier alpha value is -4.04. The van der Waals surface area contributed by atoms with Crippen LogP contribution in [0.2, 0.25) is 10.0 Å². The van der Waals surface area contributed by atoms with E-state index in [4.69, 9.17) is 23.2 Å². The maximum atomic E-state index is 13.3. The number of anilines is 2. The fraction of sp³-hybridized carbons (Fsp3) is 0.0938. The van der Waals surface area contributed by atoms with Gasteiger partial charge in [-0.15, -0.1) is 11.8 Å². The number of halogens is 2. The van der Waals surface area contributed by atoms with E-state index in [0.29, 0.717) is 27.0 Å². The first kappa shape index (κ1) is 29.9. The highest BCUT2D eigenvalue weighted by atomic mass is 35.5. The van der Waals surface area contributed by atoms with Crippen LogP contribution in [-0.2, 0) is 9.59 Å². The summed E-state index contributed by atoms with van der Waals surface area (Å²) < 4.78 is 0. The van der Waals surface area contributed by atoms with Crippen LogP contribution < -0.4 is 16.0 Å². The highest BCUT2D eigenvalue weighted by Crippen LogP contribution is 2.29. The number of amides is 3. The predicted octanol–water partition coefficient (Wildman–Crippen LogP) is 7.83. The zero-order chi connectivity index (χ0) is 29.4. The summed E-state index contributed by atoms with van der Waals surface area (Å²) in [5, 5.41) is 8.83. The average Bonchev–Trinajstić information content (AvgIpc) is 2.95. The van der Waals surface area contributed by atoms with Gasteiger partial charge in [0.2, 0.25) is 5.91 Å². The standard InChI is InChI=1S/C32H27Cl2N3O3S/c1-20-7-6-8-22(17-20)18-29(37-31(39)23-9-4-3-5-10-23)32(40)35-25-12-14-26(15-13-25)41-21(2)30(38)36-28-16-11-24(33)19-27(28)34/h3-19,21H,1-2H3,(H,35,40)(H,36,38)(H,37,39)/b29-18-. The molecule has 0 aliphatic rings. The van der Waals surface area contributed by atoms with Crippen LogP contribution in [0.15, 0.2) is 108 Å². The van der Waals surface area contributed by atoms with Crippen molar-refractivity contribution in [3.63, 3.8) is 0 Å². The van der Waals surface area contributed by atoms with Crippen molar-refractivity contribution in [1.82, 2.24) is 5.32 Å². The third-order valence-electron chi connectivity index (χ3n) is 5.87. The second-order valence-corrected chi connectivity index (χ2v) is 11.4. The van der Waals surface area contributed by atoms with Crippen molar-refractivity contribution >= 4 is 70.1 Å². The minimum Gasteiger partial charge on any atom is -0.324 e. The van der Waals surface area contributed by atoms with E-state index in [0.717, 1.165) is 16.0 Å². The highest BCUT2D eigenvalue weighted by molar-refractivity contribution is 8.00. The lowest BCUT2D eigenvalue weighted by Gasteiger charge is -2.14. The molecule has 0 bridgehead atoms. The predicted molar refractivity (Wildman–Crippen MR) is 169 cm³/mol.